The number of nitrogens with zero attached hydrogens (tertiary/aromatic N) is 1. The SMILES string of the molecule is Cn1c(=O)oc2cc(C(Cl)C3C4CCCCC43)ccc21. The number of benzene rings is 1. The minimum absolute atomic E-state index is 0.0537. The molecule has 2 fully saturated rings. The van der Waals surface area contributed by atoms with Gasteiger partial charge in [0.25, 0.3) is 0 Å². The summed E-state index contributed by atoms with van der Waals surface area (Å²) in [7, 11) is 1.72. The fraction of sp³-hybridized carbons (Fsp3) is 0.562. The highest BCUT2D eigenvalue weighted by Gasteiger charge is 2.53. The van der Waals surface area contributed by atoms with E-state index in [1.54, 1.807) is 7.05 Å². The molecular formula is C16H18ClNO2. The average molecular weight is 292 g/mol. The van der Waals surface area contributed by atoms with Gasteiger partial charge in [0.1, 0.15) is 0 Å². The second kappa shape index (κ2) is 4.39. The second-order valence-electron chi connectivity index (χ2n) is 6.25. The van der Waals surface area contributed by atoms with E-state index >= 15 is 0 Å². The normalized spacial score (nSPS) is 30.2. The van der Waals surface area contributed by atoms with Gasteiger partial charge < -0.3 is 4.42 Å². The van der Waals surface area contributed by atoms with Crippen molar-refractivity contribution in [2.75, 3.05) is 0 Å². The standard InChI is InChI=1S/C16H18ClNO2/c1-18-12-7-6-9(8-13(12)20-16(18)19)15(17)14-10-4-2-3-5-11(10)14/h6-8,10-11,14-15H,2-5H2,1H3. The predicted molar refractivity (Wildman–Crippen MR) is 79.0 cm³/mol. The van der Waals surface area contributed by atoms with Crippen LogP contribution in [0.2, 0.25) is 0 Å². The van der Waals surface area contributed by atoms with Crippen LogP contribution in [-0.4, -0.2) is 4.57 Å². The summed E-state index contributed by atoms with van der Waals surface area (Å²) < 4.78 is 6.78. The van der Waals surface area contributed by atoms with Gasteiger partial charge in [0.2, 0.25) is 0 Å². The van der Waals surface area contributed by atoms with Crippen LogP contribution in [0.3, 0.4) is 0 Å². The minimum Gasteiger partial charge on any atom is -0.408 e. The molecule has 1 aromatic carbocycles. The molecule has 106 valence electrons. The van der Waals surface area contributed by atoms with E-state index in [-0.39, 0.29) is 11.1 Å². The molecule has 1 heterocycles. The Bertz CT molecular complexity index is 705. The van der Waals surface area contributed by atoms with Gasteiger partial charge in [0, 0.05) is 7.05 Å². The summed E-state index contributed by atoms with van der Waals surface area (Å²) in [4.78, 5) is 11.5. The van der Waals surface area contributed by atoms with Crippen LogP contribution < -0.4 is 5.76 Å². The molecule has 0 aliphatic heterocycles. The quantitative estimate of drug-likeness (QED) is 0.788. The Morgan fingerprint density at radius 1 is 1.30 bits per heavy atom. The number of alkyl halides is 1. The third-order valence-electron chi connectivity index (χ3n) is 5.20. The number of aromatic nitrogens is 1. The first kappa shape index (κ1) is 12.5. The molecule has 1 aromatic heterocycles. The van der Waals surface area contributed by atoms with E-state index in [4.69, 9.17) is 16.0 Å². The number of oxazole rings is 1. The highest BCUT2D eigenvalue weighted by atomic mass is 35.5. The van der Waals surface area contributed by atoms with Gasteiger partial charge in [0.15, 0.2) is 5.58 Å². The highest BCUT2D eigenvalue weighted by Crippen LogP contribution is 2.62. The zero-order valence-corrected chi connectivity index (χ0v) is 12.3. The fourth-order valence-corrected chi connectivity index (χ4v) is 4.54. The maximum Gasteiger partial charge on any atom is 0.419 e. The third-order valence-corrected chi connectivity index (χ3v) is 5.74. The van der Waals surface area contributed by atoms with E-state index in [9.17, 15) is 4.79 Å². The first-order chi connectivity index (χ1) is 9.66. The molecule has 0 amide bonds. The van der Waals surface area contributed by atoms with Crippen molar-refractivity contribution >= 4 is 22.7 Å². The minimum atomic E-state index is -0.316. The van der Waals surface area contributed by atoms with E-state index in [2.05, 4.69) is 0 Å². The Kier molecular flexibility index (Phi) is 2.75. The first-order valence-electron chi connectivity index (χ1n) is 7.40. The third kappa shape index (κ3) is 1.76. The van der Waals surface area contributed by atoms with Gasteiger partial charge in [-0.3, -0.25) is 4.57 Å². The van der Waals surface area contributed by atoms with Crippen molar-refractivity contribution in [1.29, 1.82) is 0 Å². The van der Waals surface area contributed by atoms with Gasteiger partial charge in [-0.1, -0.05) is 18.9 Å². The summed E-state index contributed by atoms with van der Waals surface area (Å²) in [5.74, 6) is 1.95. The molecule has 0 radical (unpaired) electrons. The lowest BCUT2D eigenvalue weighted by atomic mass is 10.0. The van der Waals surface area contributed by atoms with Crippen LogP contribution in [0.25, 0.3) is 11.1 Å². The molecule has 20 heavy (non-hydrogen) atoms. The Morgan fingerprint density at radius 3 is 2.70 bits per heavy atom. The Labute approximate surface area is 122 Å². The lowest BCUT2D eigenvalue weighted by Crippen LogP contribution is -2.08. The molecule has 0 N–H and O–H groups in total. The molecule has 4 rings (SSSR count). The smallest absolute Gasteiger partial charge is 0.408 e. The molecule has 2 aliphatic rings. The van der Waals surface area contributed by atoms with Crippen molar-refractivity contribution in [1.82, 2.24) is 4.57 Å². The van der Waals surface area contributed by atoms with Crippen molar-refractivity contribution < 1.29 is 4.42 Å². The van der Waals surface area contributed by atoms with Gasteiger partial charge in [0.05, 0.1) is 10.9 Å². The number of fused-ring (bicyclic) bond motifs is 2. The van der Waals surface area contributed by atoms with Crippen LogP contribution in [-0.2, 0) is 7.05 Å². The van der Waals surface area contributed by atoms with Gasteiger partial charge >= 0.3 is 5.76 Å². The van der Waals surface area contributed by atoms with E-state index in [0.717, 1.165) is 22.9 Å². The number of halogens is 1. The average Bonchev–Trinajstić information content (AvgIpc) is 3.12. The summed E-state index contributed by atoms with van der Waals surface area (Å²) in [6, 6.07) is 5.93. The number of aryl methyl sites for hydroxylation is 1. The summed E-state index contributed by atoms with van der Waals surface area (Å²) in [5.41, 5.74) is 2.56. The number of hydrogen-bond acceptors (Lipinski definition) is 2. The van der Waals surface area contributed by atoms with Crippen LogP contribution in [0.15, 0.2) is 27.4 Å². The van der Waals surface area contributed by atoms with Crippen molar-refractivity contribution in [2.24, 2.45) is 24.8 Å². The molecule has 2 aliphatic carbocycles. The zero-order chi connectivity index (χ0) is 13.9. The summed E-state index contributed by atoms with van der Waals surface area (Å²) >= 11 is 6.70. The van der Waals surface area contributed by atoms with Crippen LogP contribution >= 0.6 is 11.6 Å². The number of rotatable bonds is 2. The molecule has 3 atom stereocenters. The topological polar surface area (TPSA) is 35.1 Å². The molecule has 0 spiro atoms. The molecular weight excluding hydrogens is 274 g/mol. The van der Waals surface area contributed by atoms with Crippen molar-refractivity contribution in [3.05, 3.63) is 34.3 Å². The molecule has 3 unspecified atom stereocenters. The molecule has 3 nitrogen and oxygen atoms in total. The first-order valence-corrected chi connectivity index (χ1v) is 7.84. The van der Waals surface area contributed by atoms with Gasteiger partial charge in [-0.15, -0.1) is 11.6 Å². The lowest BCUT2D eigenvalue weighted by Gasteiger charge is -2.09. The Hall–Kier alpha value is -1.22. The van der Waals surface area contributed by atoms with Crippen LogP contribution in [0.4, 0.5) is 0 Å². The predicted octanol–water partition coefficient (Wildman–Crippen LogP) is 3.85. The molecule has 2 saturated carbocycles. The lowest BCUT2D eigenvalue weighted by molar-refractivity contribution is 0.480. The van der Waals surface area contributed by atoms with Crippen molar-refractivity contribution in [3.8, 4) is 0 Å². The van der Waals surface area contributed by atoms with Crippen molar-refractivity contribution in [3.63, 3.8) is 0 Å². The second-order valence-corrected chi connectivity index (χ2v) is 6.72. The van der Waals surface area contributed by atoms with Crippen LogP contribution in [0, 0.1) is 17.8 Å². The highest BCUT2D eigenvalue weighted by molar-refractivity contribution is 6.21. The largest absolute Gasteiger partial charge is 0.419 e. The summed E-state index contributed by atoms with van der Waals surface area (Å²) in [6.07, 6.45) is 5.38. The Balaban J connectivity index is 1.66. The summed E-state index contributed by atoms with van der Waals surface area (Å²) in [6.45, 7) is 0. The molecule has 2 aromatic rings. The van der Waals surface area contributed by atoms with E-state index < -0.39 is 0 Å². The van der Waals surface area contributed by atoms with Crippen LogP contribution in [0.5, 0.6) is 0 Å². The van der Waals surface area contributed by atoms with Crippen LogP contribution in [0.1, 0.15) is 36.6 Å². The molecule has 0 saturated heterocycles. The zero-order valence-electron chi connectivity index (χ0n) is 11.5. The maximum atomic E-state index is 11.5. The summed E-state index contributed by atoms with van der Waals surface area (Å²) in [5, 5.41) is 0.0537. The molecule has 4 heteroatoms. The van der Waals surface area contributed by atoms with E-state index in [1.807, 2.05) is 18.2 Å². The maximum absolute atomic E-state index is 11.5. The van der Waals surface area contributed by atoms with Crippen molar-refractivity contribution in [2.45, 2.75) is 31.1 Å². The number of hydrogen-bond donors (Lipinski definition) is 0. The van der Waals surface area contributed by atoms with Gasteiger partial charge in [-0.2, -0.15) is 0 Å². The van der Waals surface area contributed by atoms with Gasteiger partial charge in [-0.05, 0) is 48.3 Å². The monoisotopic (exact) mass is 291 g/mol. The van der Waals surface area contributed by atoms with E-state index in [0.29, 0.717) is 11.5 Å². The van der Waals surface area contributed by atoms with E-state index in [1.165, 1.54) is 30.3 Å². The Morgan fingerprint density at radius 2 is 2.00 bits per heavy atom. The fourth-order valence-electron chi connectivity index (χ4n) is 4.03. The molecule has 0 bridgehead atoms. The van der Waals surface area contributed by atoms with Gasteiger partial charge in [-0.25, -0.2) is 4.79 Å².